The third-order valence-corrected chi connectivity index (χ3v) is 7.75. The van der Waals surface area contributed by atoms with Gasteiger partial charge in [0.2, 0.25) is 16.9 Å². The number of rotatable bonds is 14. The molecule has 39 heavy (non-hydrogen) atoms. The maximum absolute atomic E-state index is 13.2. The van der Waals surface area contributed by atoms with Gasteiger partial charge in [-0.15, -0.1) is 0 Å². The summed E-state index contributed by atoms with van der Waals surface area (Å²) >= 11 is 1.01. The lowest BCUT2D eigenvalue weighted by Gasteiger charge is -2.32. The molecule has 0 bridgehead atoms. The number of hydrogen-bond acceptors (Lipinski definition) is 9. The highest BCUT2D eigenvalue weighted by Gasteiger charge is 2.37. The standard InChI is InChI=1S/C28H44N4O6S/c1-7-38-26(35)22(19-37-18-21-11-9-8-10-12-21)29-27(36)28(4,5)30-25(34)24(20(2)3)39-23(33)17-32-15-13-31(6)14-16-32/h8-12,20,22,24H,7,13-19H2,1-6H3,(H,29,36)(H,30,34)/t22-,24-/m0/s1. The molecule has 11 heteroatoms. The van der Waals surface area contributed by atoms with Crippen molar-refractivity contribution in [3.8, 4) is 0 Å². The van der Waals surface area contributed by atoms with Crippen LogP contribution in [0.25, 0.3) is 0 Å². The van der Waals surface area contributed by atoms with Crippen molar-refractivity contribution in [2.75, 3.05) is 53.0 Å². The predicted molar refractivity (Wildman–Crippen MR) is 152 cm³/mol. The molecule has 1 saturated heterocycles. The van der Waals surface area contributed by atoms with Crippen LogP contribution in [0.2, 0.25) is 0 Å². The van der Waals surface area contributed by atoms with E-state index in [1.807, 2.05) is 44.2 Å². The zero-order valence-corrected chi connectivity index (χ0v) is 24.8. The Morgan fingerprint density at radius 1 is 1.05 bits per heavy atom. The van der Waals surface area contributed by atoms with Gasteiger partial charge in [-0.25, -0.2) is 4.79 Å². The molecule has 1 aromatic rings. The highest BCUT2D eigenvalue weighted by atomic mass is 32.2. The van der Waals surface area contributed by atoms with Crippen LogP contribution in [0.1, 0.15) is 40.2 Å². The average Bonchev–Trinajstić information content (AvgIpc) is 2.88. The molecule has 0 aliphatic carbocycles. The maximum Gasteiger partial charge on any atom is 0.331 e. The van der Waals surface area contributed by atoms with E-state index in [1.54, 1.807) is 20.8 Å². The minimum Gasteiger partial charge on any atom is -0.464 e. The molecule has 10 nitrogen and oxygen atoms in total. The van der Waals surface area contributed by atoms with E-state index >= 15 is 0 Å². The average molecular weight is 565 g/mol. The van der Waals surface area contributed by atoms with Crippen LogP contribution in [-0.2, 0) is 35.3 Å². The fraction of sp³-hybridized carbons (Fsp3) is 0.643. The van der Waals surface area contributed by atoms with Crippen LogP contribution in [0.3, 0.4) is 0 Å². The number of hydrogen-bond donors (Lipinski definition) is 2. The first kappa shape index (κ1) is 32.7. The Morgan fingerprint density at radius 3 is 2.28 bits per heavy atom. The van der Waals surface area contributed by atoms with E-state index in [0.717, 1.165) is 43.5 Å². The van der Waals surface area contributed by atoms with Gasteiger partial charge in [-0.3, -0.25) is 19.3 Å². The third kappa shape index (κ3) is 11.3. The zero-order chi connectivity index (χ0) is 29.0. The van der Waals surface area contributed by atoms with Crippen molar-refractivity contribution < 1.29 is 28.7 Å². The van der Waals surface area contributed by atoms with Crippen molar-refractivity contribution in [3.05, 3.63) is 35.9 Å². The summed E-state index contributed by atoms with van der Waals surface area (Å²) in [6.45, 7) is 12.6. The normalized spacial score (nSPS) is 16.4. The van der Waals surface area contributed by atoms with Gasteiger partial charge in [-0.2, -0.15) is 0 Å². The second-order valence-corrected chi connectivity index (χ2v) is 11.8. The molecule has 1 fully saturated rings. The fourth-order valence-electron chi connectivity index (χ4n) is 3.91. The van der Waals surface area contributed by atoms with E-state index in [4.69, 9.17) is 9.47 Å². The van der Waals surface area contributed by atoms with Crippen LogP contribution in [-0.4, -0.2) is 103 Å². The van der Waals surface area contributed by atoms with Gasteiger partial charge in [0, 0.05) is 26.2 Å². The smallest absolute Gasteiger partial charge is 0.331 e. The molecule has 1 aromatic carbocycles. The molecule has 0 unspecified atom stereocenters. The largest absolute Gasteiger partial charge is 0.464 e. The van der Waals surface area contributed by atoms with Crippen molar-refractivity contribution in [1.82, 2.24) is 20.4 Å². The van der Waals surface area contributed by atoms with Crippen LogP contribution >= 0.6 is 11.8 Å². The lowest BCUT2D eigenvalue weighted by molar-refractivity contribution is -0.150. The Hall–Kier alpha value is -2.47. The van der Waals surface area contributed by atoms with Crippen molar-refractivity contribution in [2.24, 2.45) is 5.92 Å². The van der Waals surface area contributed by atoms with E-state index in [-0.39, 0.29) is 37.4 Å². The summed E-state index contributed by atoms with van der Waals surface area (Å²) in [5.74, 6) is -1.72. The quantitative estimate of drug-likeness (QED) is 0.326. The monoisotopic (exact) mass is 564 g/mol. The van der Waals surface area contributed by atoms with Crippen LogP contribution in [0.4, 0.5) is 0 Å². The molecule has 1 heterocycles. The topological polar surface area (TPSA) is 117 Å². The molecule has 2 rings (SSSR count). The van der Waals surface area contributed by atoms with E-state index in [1.165, 1.54) is 0 Å². The first-order valence-corrected chi connectivity index (χ1v) is 14.3. The van der Waals surface area contributed by atoms with Crippen LogP contribution in [0.5, 0.6) is 0 Å². The number of amides is 2. The van der Waals surface area contributed by atoms with Crippen molar-refractivity contribution in [1.29, 1.82) is 0 Å². The molecular formula is C28H44N4O6S. The second kappa shape index (κ2) is 16.0. The van der Waals surface area contributed by atoms with E-state index in [0.29, 0.717) is 0 Å². The summed E-state index contributed by atoms with van der Waals surface area (Å²) in [4.78, 5) is 56.0. The lowest BCUT2D eigenvalue weighted by atomic mass is 10.0. The van der Waals surface area contributed by atoms with Gasteiger partial charge >= 0.3 is 5.97 Å². The summed E-state index contributed by atoms with van der Waals surface area (Å²) in [6.07, 6.45) is 0. The molecule has 2 amide bonds. The van der Waals surface area contributed by atoms with Gasteiger partial charge in [0.25, 0.3) is 0 Å². The van der Waals surface area contributed by atoms with Crippen molar-refractivity contribution in [3.63, 3.8) is 0 Å². The van der Waals surface area contributed by atoms with Gasteiger partial charge in [0.15, 0.2) is 6.04 Å². The zero-order valence-electron chi connectivity index (χ0n) is 24.0. The number of thioether (sulfide) groups is 1. The van der Waals surface area contributed by atoms with Gasteiger partial charge in [0.1, 0.15) is 5.54 Å². The SMILES string of the molecule is CCOC(=O)[C@H](COCc1ccccc1)NC(=O)C(C)(C)NC(=O)[C@@H](SC(=O)CN1CCN(C)CC1)C(C)C. The Morgan fingerprint density at radius 2 is 1.69 bits per heavy atom. The summed E-state index contributed by atoms with van der Waals surface area (Å²) in [7, 11) is 2.05. The highest BCUT2D eigenvalue weighted by molar-refractivity contribution is 8.14. The van der Waals surface area contributed by atoms with Crippen LogP contribution < -0.4 is 10.6 Å². The summed E-state index contributed by atoms with van der Waals surface area (Å²) < 4.78 is 10.8. The number of carbonyl (C=O) groups is 4. The summed E-state index contributed by atoms with van der Waals surface area (Å²) in [6, 6.07) is 8.42. The molecule has 2 atom stereocenters. The number of nitrogens with zero attached hydrogens (tertiary/aromatic N) is 2. The number of carbonyl (C=O) groups excluding carboxylic acids is 4. The van der Waals surface area contributed by atoms with E-state index in [2.05, 4.69) is 27.5 Å². The van der Waals surface area contributed by atoms with Crippen LogP contribution in [0, 0.1) is 5.92 Å². The second-order valence-electron chi connectivity index (χ2n) is 10.6. The summed E-state index contributed by atoms with van der Waals surface area (Å²) in [5, 5.41) is 4.70. The number of nitrogens with one attached hydrogen (secondary N) is 2. The molecule has 1 aliphatic rings. The number of piperazine rings is 1. The fourth-order valence-corrected chi connectivity index (χ4v) is 4.89. The van der Waals surface area contributed by atoms with Gasteiger partial charge in [0.05, 0.1) is 31.6 Å². The molecule has 218 valence electrons. The number of esters is 1. The summed E-state index contributed by atoms with van der Waals surface area (Å²) in [5.41, 5.74) is -0.423. The number of likely N-dealkylation sites (N-methyl/N-ethyl adjacent to an activating group) is 1. The Bertz CT molecular complexity index is 951. The van der Waals surface area contributed by atoms with E-state index < -0.39 is 34.6 Å². The first-order valence-electron chi connectivity index (χ1n) is 13.4. The number of ether oxygens (including phenoxy) is 2. The lowest BCUT2D eigenvalue weighted by Crippen LogP contribution is -2.60. The molecular weight excluding hydrogens is 520 g/mol. The van der Waals surface area contributed by atoms with Crippen LogP contribution in [0.15, 0.2) is 30.3 Å². The Kier molecular flexibility index (Phi) is 13.4. The predicted octanol–water partition coefficient (Wildman–Crippen LogP) is 1.68. The Balaban J connectivity index is 1.96. The Labute approximate surface area is 236 Å². The molecule has 2 N–H and O–H groups in total. The third-order valence-electron chi connectivity index (χ3n) is 6.35. The van der Waals surface area contributed by atoms with Gasteiger partial charge in [-0.1, -0.05) is 55.9 Å². The van der Waals surface area contributed by atoms with Gasteiger partial charge < -0.3 is 25.0 Å². The first-order chi connectivity index (χ1) is 18.4. The molecule has 0 aromatic heterocycles. The van der Waals surface area contributed by atoms with Crippen molar-refractivity contribution >= 4 is 34.7 Å². The maximum atomic E-state index is 13.2. The number of benzene rings is 1. The molecule has 1 aliphatic heterocycles. The van der Waals surface area contributed by atoms with Crippen molar-refractivity contribution in [2.45, 2.75) is 58.1 Å². The highest BCUT2D eigenvalue weighted by Crippen LogP contribution is 2.22. The minimum atomic E-state index is -1.35. The molecule has 0 saturated carbocycles. The minimum absolute atomic E-state index is 0.0754. The molecule has 0 radical (unpaired) electrons. The van der Waals surface area contributed by atoms with E-state index in [9.17, 15) is 19.2 Å². The molecule has 0 spiro atoms. The van der Waals surface area contributed by atoms with Gasteiger partial charge in [-0.05, 0) is 39.3 Å².